The highest BCUT2D eigenvalue weighted by molar-refractivity contribution is 7.89. The Bertz CT molecular complexity index is 834. The third-order valence-corrected chi connectivity index (χ3v) is 4.49. The van der Waals surface area contributed by atoms with Gasteiger partial charge in [0.2, 0.25) is 10.0 Å². The lowest BCUT2D eigenvalue weighted by Crippen LogP contribution is -2.15. The molecule has 0 bridgehead atoms. The van der Waals surface area contributed by atoms with Gasteiger partial charge in [-0.3, -0.25) is 0 Å². The van der Waals surface area contributed by atoms with Crippen molar-refractivity contribution in [2.24, 2.45) is 5.14 Å². The number of nitrogens with two attached hydrogens (primary N) is 1. The Morgan fingerprint density at radius 2 is 1.71 bits per heavy atom. The van der Waals surface area contributed by atoms with E-state index in [1.54, 1.807) is 6.92 Å². The minimum atomic E-state index is -4.38. The standard InChI is InChI=1S/C15H16F3N3O2S/c1-9(11-3-5-12(6-4-11)15(16,17)18)20-14-8-7-13(10(2)21-14)24(19,22)23/h3-9H,1-2H3,(H,20,21)(H2,19,22,23)/t9-/m0/s1. The van der Waals surface area contributed by atoms with Crippen LogP contribution in [0.15, 0.2) is 41.3 Å². The third kappa shape index (κ3) is 4.24. The molecule has 2 aromatic rings. The van der Waals surface area contributed by atoms with Gasteiger partial charge in [-0.15, -0.1) is 0 Å². The molecule has 0 amide bonds. The summed E-state index contributed by atoms with van der Waals surface area (Å²) in [6, 6.07) is 7.25. The Labute approximate surface area is 137 Å². The van der Waals surface area contributed by atoms with Crippen LogP contribution in [-0.4, -0.2) is 13.4 Å². The van der Waals surface area contributed by atoms with Crippen LogP contribution in [0.4, 0.5) is 19.0 Å². The van der Waals surface area contributed by atoms with E-state index >= 15 is 0 Å². The lowest BCUT2D eigenvalue weighted by Gasteiger charge is -2.17. The van der Waals surface area contributed by atoms with Crippen LogP contribution < -0.4 is 10.5 Å². The number of rotatable bonds is 4. The number of nitrogens with zero attached hydrogens (tertiary/aromatic N) is 1. The molecule has 0 aliphatic heterocycles. The van der Waals surface area contributed by atoms with Gasteiger partial charge in [0.05, 0.1) is 11.3 Å². The van der Waals surface area contributed by atoms with E-state index in [9.17, 15) is 21.6 Å². The molecule has 1 aromatic carbocycles. The smallest absolute Gasteiger partial charge is 0.364 e. The van der Waals surface area contributed by atoms with Crippen LogP contribution in [0.3, 0.4) is 0 Å². The number of pyridine rings is 1. The van der Waals surface area contributed by atoms with Crippen molar-refractivity contribution in [2.75, 3.05) is 5.32 Å². The average Bonchev–Trinajstić information content (AvgIpc) is 2.45. The van der Waals surface area contributed by atoms with Crippen molar-refractivity contribution in [1.82, 2.24) is 4.98 Å². The first-order valence-electron chi connectivity index (χ1n) is 6.92. The number of nitrogens with one attached hydrogen (secondary N) is 1. The normalized spacial score (nSPS) is 13.6. The van der Waals surface area contributed by atoms with Crippen LogP contribution in [0.2, 0.25) is 0 Å². The number of aromatic nitrogens is 1. The van der Waals surface area contributed by atoms with Gasteiger partial charge in [-0.2, -0.15) is 13.2 Å². The summed E-state index contributed by atoms with van der Waals surface area (Å²) in [7, 11) is -3.85. The minimum absolute atomic E-state index is 0.0739. The van der Waals surface area contributed by atoms with Crippen LogP contribution in [-0.2, 0) is 16.2 Å². The Balaban J connectivity index is 2.18. The molecule has 0 saturated heterocycles. The maximum atomic E-state index is 12.6. The molecule has 0 spiro atoms. The molecule has 0 unspecified atom stereocenters. The van der Waals surface area contributed by atoms with Gasteiger partial charge in [0.1, 0.15) is 10.7 Å². The van der Waals surface area contributed by atoms with Crippen LogP contribution in [0.1, 0.15) is 29.8 Å². The predicted octanol–water partition coefficient (Wildman–Crippen LogP) is 3.23. The molecular formula is C15H16F3N3O2S. The average molecular weight is 359 g/mol. The van der Waals surface area contributed by atoms with E-state index in [-0.39, 0.29) is 16.6 Å². The summed E-state index contributed by atoms with van der Waals surface area (Å²) in [5, 5.41) is 8.08. The molecule has 0 aliphatic rings. The maximum Gasteiger partial charge on any atom is 0.416 e. The van der Waals surface area contributed by atoms with Crippen LogP contribution in [0, 0.1) is 6.92 Å². The fraction of sp³-hybridized carbons (Fsp3) is 0.267. The molecule has 5 nitrogen and oxygen atoms in total. The van der Waals surface area contributed by atoms with Crippen molar-refractivity contribution in [2.45, 2.75) is 31.0 Å². The first kappa shape index (κ1) is 18.2. The van der Waals surface area contributed by atoms with Crippen LogP contribution in [0.25, 0.3) is 0 Å². The van der Waals surface area contributed by atoms with E-state index in [0.717, 1.165) is 12.1 Å². The number of aryl methyl sites for hydroxylation is 1. The van der Waals surface area contributed by atoms with Gasteiger partial charge < -0.3 is 5.32 Å². The zero-order chi connectivity index (χ0) is 18.1. The van der Waals surface area contributed by atoms with E-state index in [2.05, 4.69) is 10.3 Å². The summed E-state index contributed by atoms with van der Waals surface area (Å²) in [5.74, 6) is 0.396. The quantitative estimate of drug-likeness (QED) is 0.878. The van der Waals surface area contributed by atoms with Gasteiger partial charge in [0, 0.05) is 6.04 Å². The summed E-state index contributed by atoms with van der Waals surface area (Å²) in [6.07, 6.45) is -4.38. The van der Waals surface area contributed by atoms with E-state index in [0.29, 0.717) is 11.4 Å². The van der Waals surface area contributed by atoms with E-state index in [4.69, 9.17) is 5.14 Å². The van der Waals surface area contributed by atoms with Crippen molar-refractivity contribution in [1.29, 1.82) is 0 Å². The topological polar surface area (TPSA) is 85.1 Å². The SMILES string of the molecule is Cc1nc(N[C@@H](C)c2ccc(C(F)(F)F)cc2)ccc1S(N)(=O)=O. The summed E-state index contributed by atoms with van der Waals surface area (Å²) in [6.45, 7) is 3.26. The Morgan fingerprint density at radius 1 is 1.12 bits per heavy atom. The molecule has 3 N–H and O–H groups in total. The lowest BCUT2D eigenvalue weighted by molar-refractivity contribution is -0.137. The summed E-state index contributed by atoms with van der Waals surface area (Å²) >= 11 is 0. The Morgan fingerprint density at radius 3 is 2.17 bits per heavy atom. The molecule has 130 valence electrons. The van der Waals surface area contributed by atoms with E-state index in [1.807, 2.05) is 0 Å². The second kappa shape index (κ2) is 6.40. The van der Waals surface area contributed by atoms with Crippen molar-refractivity contribution in [3.8, 4) is 0 Å². The van der Waals surface area contributed by atoms with Crippen molar-refractivity contribution >= 4 is 15.8 Å². The first-order chi connectivity index (χ1) is 11.0. The molecule has 1 heterocycles. The molecule has 1 aromatic heterocycles. The summed E-state index contributed by atoms with van der Waals surface area (Å²) in [5.41, 5.74) is 0.157. The summed E-state index contributed by atoms with van der Waals surface area (Å²) in [4.78, 5) is 4.04. The van der Waals surface area contributed by atoms with Crippen molar-refractivity contribution in [3.63, 3.8) is 0 Å². The van der Waals surface area contributed by atoms with E-state index < -0.39 is 21.8 Å². The number of sulfonamides is 1. The fourth-order valence-corrected chi connectivity index (χ4v) is 2.91. The van der Waals surface area contributed by atoms with Gasteiger partial charge in [-0.05, 0) is 43.7 Å². The zero-order valence-corrected chi connectivity index (χ0v) is 13.7. The number of halogens is 3. The second-order valence-corrected chi connectivity index (χ2v) is 6.84. The number of primary sulfonamides is 1. The molecule has 0 aliphatic carbocycles. The molecule has 0 radical (unpaired) electrons. The van der Waals surface area contributed by atoms with Gasteiger partial charge in [0.15, 0.2) is 0 Å². The molecule has 0 saturated carbocycles. The Kier molecular flexibility index (Phi) is 4.86. The lowest BCUT2D eigenvalue weighted by atomic mass is 10.1. The van der Waals surface area contributed by atoms with Gasteiger partial charge in [-0.25, -0.2) is 18.5 Å². The second-order valence-electron chi connectivity index (χ2n) is 5.31. The van der Waals surface area contributed by atoms with Crippen LogP contribution in [0.5, 0.6) is 0 Å². The number of alkyl halides is 3. The van der Waals surface area contributed by atoms with Crippen LogP contribution >= 0.6 is 0 Å². The first-order valence-corrected chi connectivity index (χ1v) is 8.47. The number of hydrogen-bond acceptors (Lipinski definition) is 4. The largest absolute Gasteiger partial charge is 0.416 e. The number of benzene rings is 1. The highest BCUT2D eigenvalue weighted by atomic mass is 32.2. The molecule has 9 heteroatoms. The van der Waals surface area contributed by atoms with Gasteiger partial charge >= 0.3 is 6.18 Å². The molecular weight excluding hydrogens is 343 g/mol. The highest BCUT2D eigenvalue weighted by Crippen LogP contribution is 2.30. The third-order valence-electron chi connectivity index (χ3n) is 3.45. The minimum Gasteiger partial charge on any atom is -0.364 e. The number of anilines is 1. The van der Waals surface area contributed by atoms with E-state index in [1.165, 1.54) is 31.2 Å². The van der Waals surface area contributed by atoms with Crippen molar-refractivity contribution < 1.29 is 21.6 Å². The highest BCUT2D eigenvalue weighted by Gasteiger charge is 2.30. The zero-order valence-electron chi connectivity index (χ0n) is 12.9. The predicted molar refractivity (Wildman–Crippen MR) is 83.8 cm³/mol. The monoisotopic (exact) mass is 359 g/mol. The summed E-state index contributed by atoms with van der Waals surface area (Å²) < 4.78 is 60.4. The number of hydrogen-bond donors (Lipinski definition) is 2. The molecule has 2 rings (SSSR count). The van der Waals surface area contributed by atoms with Gasteiger partial charge in [-0.1, -0.05) is 12.1 Å². The maximum absolute atomic E-state index is 12.6. The molecule has 24 heavy (non-hydrogen) atoms. The molecule has 1 atom stereocenters. The van der Waals surface area contributed by atoms with Crippen molar-refractivity contribution in [3.05, 3.63) is 53.2 Å². The fourth-order valence-electron chi connectivity index (χ4n) is 2.20. The Hall–Kier alpha value is -2.13. The molecule has 0 fully saturated rings. The van der Waals surface area contributed by atoms with Gasteiger partial charge in [0.25, 0.3) is 0 Å².